The number of nitrogens with one attached hydrogen (secondary N) is 1. The average Bonchev–Trinajstić information content (AvgIpc) is 2.58. The van der Waals surface area contributed by atoms with E-state index in [0.717, 1.165) is 16.7 Å². The second-order valence-electron chi connectivity index (χ2n) is 5.28. The smallest absolute Gasteiger partial charge is 0.261 e. The second kappa shape index (κ2) is 6.26. The molecule has 0 saturated heterocycles. The van der Waals surface area contributed by atoms with Crippen LogP contribution in [0.4, 0.5) is 5.69 Å². The van der Waals surface area contributed by atoms with Crippen LogP contribution in [0, 0.1) is 6.92 Å². The van der Waals surface area contributed by atoms with Gasteiger partial charge >= 0.3 is 0 Å². The summed E-state index contributed by atoms with van der Waals surface area (Å²) in [5, 5.41) is 0. The Kier molecular flexibility index (Phi) is 4.17. The molecule has 1 N–H and O–H groups in total. The molecule has 3 aromatic carbocycles. The van der Waals surface area contributed by atoms with E-state index in [-0.39, 0.29) is 4.90 Å². The number of anilines is 1. The minimum absolute atomic E-state index is 0.252. The first-order chi connectivity index (χ1) is 11.1. The van der Waals surface area contributed by atoms with Crippen molar-refractivity contribution >= 4 is 15.7 Å². The van der Waals surface area contributed by atoms with Crippen LogP contribution in [0.2, 0.25) is 0 Å². The fourth-order valence-corrected chi connectivity index (χ4v) is 3.63. The highest BCUT2D eigenvalue weighted by Crippen LogP contribution is 2.32. The topological polar surface area (TPSA) is 46.2 Å². The molecule has 3 rings (SSSR count). The summed E-state index contributed by atoms with van der Waals surface area (Å²) in [4.78, 5) is 0.252. The molecule has 0 saturated carbocycles. The second-order valence-corrected chi connectivity index (χ2v) is 6.96. The molecule has 0 aliphatic carbocycles. The fourth-order valence-electron chi connectivity index (χ4n) is 2.45. The highest BCUT2D eigenvalue weighted by molar-refractivity contribution is 7.92. The molecule has 0 unspecified atom stereocenters. The van der Waals surface area contributed by atoms with Gasteiger partial charge in [-0.15, -0.1) is 0 Å². The molecule has 3 aromatic rings. The normalized spacial score (nSPS) is 11.2. The largest absolute Gasteiger partial charge is 0.279 e. The lowest BCUT2D eigenvalue weighted by molar-refractivity contribution is 0.601. The van der Waals surface area contributed by atoms with Crippen molar-refractivity contribution in [2.75, 3.05) is 4.72 Å². The molecular formula is C19H17NO2S. The van der Waals surface area contributed by atoms with Crippen molar-refractivity contribution in [1.29, 1.82) is 0 Å². The maximum Gasteiger partial charge on any atom is 0.261 e. The molecule has 0 bridgehead atoms. The van der Waals surface area contributed by atoms with Crippen LogP contribution >= 0.6 is 0 Å². The van der Waals surface area contributed by atoms with Gasteiger partial charge in [0.1, 0.15) is 0 Å². The van der Waals surface area contributed by atoms with E-state index < -0.39 is 10.0 Å². The van der Waals surface area contributed by atoms with Gasteiger partial charge < -0.3 is 0 Å². The molecule has 23 heavy (non-hydrogen) atoms. The summed E-state index contributed by atoms with van der Waals surface area (Å²) in [6.45, 7) is 1.90. The van der Waals surface area contributed by atoms with Gasteiger partial charge in [-0.25, -0.2) is 8.42 Å². The van der Waals surface area contributed by atoms with E-state index in [2.05, 4.69) is 4.72 Å². The summed E-state index contributed by atoms with van der Waals surface area (Å²) < 4.78 is 28.0. The van der Waals surface area contributed by atoms with Crippen molar-refractivity contribution in [3.8, 4) is 11.1 Å². The monoisotopic (exact) mass is 323 g/mol. The zero-order valence-electron chi connectivity index (χ0n) is 12.7. The van der Waals surface area contributed by atoms with Crippen LogP contribution in [-0.4, -0.2) is 8.42 Å². The molecule has 0 aliphatic rings. The van der Waals surface area contributed by atoms with Crippen LogP contribution in [0.3, 0.4) is 0 Å². The summed E-state index contributed by atoms with van der Waals surface area (Å²) in [6.07, 6.45) is 0. The minimum atomic E-state index is -3.62. The van der Waals surface area contributed by atoms with E-state index in [4.69, 9.17) is 0 Å². The number of aryl methyl sites for hydroxylation is 1. The Morgan fingerprint density at radius 2 is 1.35 bits per heavy atom. The molecule has 0 radical (unpaired) electrons. The van der Waals surface area contributed by atoms with Crippen molar-refractivity contribution in [3.63, 3.8) is 0 Å². The standard InChI is InChI=1S/C19H17NO2S/c1-15-9-8-14-18(16-10-4-2-5-11-16)19(15)20-23(21,22)17-12-6-3-7-13-17/h2-14,20H,1H3. The van der Waals surface area contributed by atoms with Crippen LogP contribution in [0.1, 0.15) is 5.56 Å². The number of hydrogen-bond acceptors (Lipinski definition) is 2. The predicted octanol–water partition coefficient (Wildman–Crippen LogP) is 4.46. The van der Waals surface area contributed by atoms with Crippen molar-refractivity contribution < 1.29 is 8.42 Å². The van der Waals surface area contributed by atoms with Crippen LogP contribution < -0.4 is 4.72 Å². The SMILES string of the molecule is Cc1cccc(-c2ccccc2)c1NS(=O)(=O)c1ccccc1. The Labute approximate surface area is 136 Å². The van der Waals surface area contributed by atoms with Crippen LogP contribution in [-0.2, 0) is 10.0 Å². The van der Waals surface area contributed by atoms with E-state index in [1.807, 2.05) is 55.5 Å². The zero-order valence-corrected chi connectivity index (χ0v) is 13.5. The number of sulfonamides is 1. The molecule has 4 heteroatoms. The zero-order chi connectivity index (χ0) is 16.3. The van der Waals surface area contributed by atoms with E-state index >= 15 is 0 Å². The van der Waals surface area contributed by atoms with Crippen molar-refractivity contribution in [2.24, 2.45) is 0 Å². The molecule has 0 spiro atoms. The van der Waals surface area contributed by atoms with E-state index in [1.165, 1.54) is 0 Å². The lowest BCUT2D eigenvalue weighted by atomic mass is 10.0. The molecule has 0 heterocycles. The summed E-state index contributed by atoms with van der Waals surface area (Å²) in [5.41, 5.74) is 3.33. The molecule has 3 nitrogen and oxygen atoms in total. The Morgan fingerprint density at radius 3 is 2.00 bits per heavy atom. The first-order valence-electron chi connectivity index (χ1n) is 7.31. The Bertz CT molecular complexity index is 905. The minimum Gasteiger partial charge on any atom is -0.279 e. The number of para-hydroxylation sites is 1. The molecule has 0 amide bonds. The summed E-state index contributed by atoms with van der Waals surface area (Å²) in [5.74, 6) is 0. The third-order valence-electron chi connectivity index (χ3n) is 3.65. The highest BCUT2D eigenvalue weighted by atomic mass is 32.2. The van der Waals surface area contributed by atoms with Gasteiger partial charge in [-0.05, 0) is 30.2 Å². The van der Waals surface area contributed by atoms with Gasteiger partial charge in [0.25, 0.3) is 10.0 Å². The predicted molar refractivity (Wildman–Crippen MR) is 93.9 cm³/mol. The van der Waals surface area contributed by atoms with Crippen molar-refractivity contribution in [2.45, 2.75) is 11.8 Å². The van der Waals surface area contributed by atoms with Gasteiger partial charge in [-0.3, -0.25) is 4.72 Å². The maximum atomic E-state index is 12.6. The maximum absolute atomic E-state index is 12.6. The first kappa shape index (κ1) is 15.3. The van der Waals surface area contributed by atoms with Gasteiger partial charge in [0.15, 0.2) is 0 Å². The number of rotatable bonds is 4. The Balaban J connectivity index is 2.08. The number of hydrogen-bond donors (Lipinski definition) is 1. The van der Waals surface area contributed by atoms with E-state index in [0.29, 0.717) is 5.69 Å². The molecule has 116 valence electrons. The average molecular weight is 323 g/mol. The lowest BCUT2D eigenvalue weighted by Gasteiger charge is -2.15. The Morgan fingerprint density at radius 1 is 0.739 bits per heavy atom. The third kappa shape index (κ3) is 3.27. The molecule has 0 aromatic heterocycles. The van der Waals surface area contributed by atoms with E-state index in [1.54, 1.807) is 30.3 Å². The molecule has 0 atom stereocenters. The third-order valence-corrected chi connectivity index (χ3v) is 5.01. The first-order valence-corrected chi connectivity index (χ1v) is 8.79. The van der Waals surface area contributed by atoms with Crippen LogP contribution in [0.15, 0.2) is 83.8 Å². The highest BCUT2D eigenvalue weighted by Gasteiger charge is 2.17. The quantitative estimate of drug-likeness (QED) is 0.770. The fraction of sp³-hybridized carbons (Fsp3) is 0.0526. The van der Waals surface area contributed by atoms with Crippen LogP contribution in [0.5, 0.6) is 0 Å². The molecular weight excluding hydrogens is 306 g/mol. The molecule has 0 fully saturated rings. The van der Waals surface area contributed by atoms with Gasteiger partial charge in [0, 0.05) is 5.56 Å². The summed E-state index contributed by atoms with van der Waals surface area (Å²) in [7, 11) is -3.62. The summed E-state index contributed by atoms with van der Waals surface area (Å²) >= 11 is 0. The van der Waals surface area contributed by atoms with Gasteiger partial charge in [0.05, 0.1) is 10.6 Å². The van der Waals surface area contributed by atoms with E-state index in [9.17, 15) is 8.42 Å². The Hall–Kier alpha value is -2.59. The number of benzene rings is 3. The van der Waals surface area contributed by atoms with Crippen molar-refractivity contribution in [3.05, 3.63) is 84.4 Å². The van der Waals surface area contributed by atoms with Gasteiger partial charge in [-0.1, -0.05) is 66.7 Å². The lowest BCUT2D eigenvalue weighted by Crippen LogP contribution is -2.14. The van der Waals surface area contributed by atoms with Crippen molar-refractivity contribution in [1.82, 2.24) is 0 Å². The van der Waals surface area contributed by atoms with Crippen LogP contribution in [0.25, 0.3) is 11.1 Å². The summed E-state index contributed by atoms with van der Waals surface area (Å²) in [6, 6.07) is 23.9. The van der Waals surface area contributed by atoms with Gasteiger partial charge in [0.2, 0.25) is 0 Å². The molecule has 0 aliphatic heterocycles. The van der Waals surface area contributed by atoms with Gasteiger partial charge in [-0.2, -0.15) is 0 Å².